The Morgan fingerprint density at radius 1 is 1.22 bits per heavy atom. The number of carbonyl (C=O) groups excluding carboxylic acids is 2. The molecule has 12 heteroatoms. The van der Waals surface area contributed by atoms with Gasteiger partial charge in [-0.05, 0) is 61.5 Å². The molecule has 0 unspecified atom stereocenters. The molecule has 1 aromatic carbocycles. The second-order valence-corrected chi connectivity index (χ2v) is 10.3. The number of morpholine rings is 1. The molecule has 5 rings (SSSR count). The van der Waals surface area contributed by atoms with Gasteiger partial charge in [-0.15, -0.1) is 0 Å². The van der Waals surface area contributed by atoms with Crippen molar-refractivity contribution in [2.75, 3.05) is 26.3 Å². The van der Waals surface area contributed by atoms with Crippen molar-refractivity contribution >= 4 is 68.9 Å². The van der Waals surface area contributed by atoms with E-state index in [1.165, 1.54) is 5.01 Å². The minimum Gasteiger partial charge on any atom is -0.378 e. The van der Waals surface area contributed by atoms with Gasteiger partial charge in [0.2, 0.25) is 11.1 Å². The summed E-state index contributed by atoms with van der Waals surface area (Å²) < 4.78 is 7.26. The summed E-state index contributed by atoms with van der Waals surface area (Å²) in [7, 11) is 0. The number of nitrogens with zero attached hydrogens (tertiary/aromatic N) is 5. The summed E-state index contributed by atoms with van der Waals surface area (Å²) in [6.45, 7) is 5.97. The fraction of sp³-hybridized carbons (Fsp3) is 0.292. The van der Waals surface area contributed by atoms with E-state index in [9.17, 15) is 9.59 Å². The third-order valence-electron chi connectivity index (χ3n) is 6.08. The van der Waals surface area contributed by atoms with Crippen LogP contribution in [0.1, 0.15) is 23.4 Å². The number of aryl methyl sites for hydroxylation is 1. The van der Waals surface area contributed by atoms with Gasteiger partial charge in [-0.1, -0.05) is 23.2 Å². The van der Waals surface area contributed by atoms with Crippen molar-refractivity contribution in [2.24, 2.45) is 10.1 Å². The van der Waals surface area contributed by atoms with Crippen molar-refractivity contribution in [2.45, 2.75) is 20.3 Å². The van der Waals surface area contributed by atoms with Gasteiger partial charge in [-0.2, -0.15) is 15.1 Å². The molecule has 0 bridgehead atoms. The molecule has 1 aromatic heterocycles. The topological polar surface area (TPSA) is 103 Å². The number of benzene rings is 1. The lowest BCUT2D eigenvalue weighted by Gasteiger charge is -2.26. The van der Waals surface area contributed by atoms with E-state index in [0.717, 1.165) is 34.4 Å². The molecule has 9 nitrogen and oxygen atoms in total. The summed E-state index contributed by atoms with van der Waals surface area (Å²) >= 11 is 13.6. The van der Waals surface area contributed by atoms with Gasteiger partial charge in [0.05, 0.1) is 35.9 Å². The molecule has 0 radical (unpaired) electrons. The van der Waals surface area contributed by atoms with Crippen LogP contribution in [0.25, 0.3) is 11.8 Å². The Labute approximate surface area is 221 Å². The second kappa shape index (κ2) is 9.85. The van der Waals surface area contributed by atoms with Crippen molar-refractivity contribution < 1.29 is 14.3 Å². The van der Waals surface area contributed by atoms with Gasteiger partial charge in [-0.25, -0.2) is 0 Å². The van der Waals surface area contributed by atoms with Gasteiger partial charge in [0.25, 0.3) is 5.91 Å². The number of hydrazone groups is 1. The van der Waals surface area contributed by atoms with Crippen molar-refractivity contribution in [3.63, 3.8) is 0 Å². The third kappa shape index (κ3) is 4.61. The Morgan fingerprint density at radius 2 is 1.97 bits per heavy atom. The molecule has 1 fully saturated rings. The highest BCUT2D eigenvalue weighted by Gasteiger charge is 2.36. The van der Waals surface area contributed by atoms with Crippen LogP contribution < -0.4 is 0 Å². The predicted octanol–water partition coefficient (Wildman–Crippen LogP) is 4.27. The molecule has 1 saturated heterocycles. The van der Waals surface area contributed by atoms with Gasteiger partial charge in [0.15, 0.2) is 5.84 Å². The number of amides is 2. The first-order valence-electron chi connectivity index (χ1n) is 11.2. The molecule has 0 saturated carbocycles. The first-order valence-corrected chi connectivity index (χ1v) is 12.8. The summed E-state index contributed by atoms with van der Waals surface area (Å²) in [5.41, 5.74) is 3.38. The van der Waals surface area contributed by atoms with Gasteiger partial charge >= 0.3 is 0 Å². The Kier molecular flexibility index (Phi) is 6.78. The number of hydrogen-bond donors (Lipinski definition) is 1. The first-order chi connectivity index (χ1) is 17.2. The van der Waals surface area contributed by atoms with E-state index < -0.39 is 5.91 Å². The SMILES string of the molecule is Cc1cc(C=C2C(=N)N3N=C(CC(=O)N4CCOCC4)SC3=NC2=O)c(C)n1-c1ccc(Cl)cc1Cl. The van der Waals surface area contributed by atoms with Gasteiger partial charge in [0, 0.05) is 29.5 Å². The van der Waals surface area contributed by atoms with Crippen molar-refractivity contribution in [3.05, 3.63) is 56.8 Å². The smallest absolute Gasteiger partial charge is 0.283 e. The zero-order chi connectivity index (χ0) is 25.6. The summed E-state index contributed by atoms with van der Waals surface area (Å²) in [4.78, 5) is 31.4. The number of aromatic nitrogens is 1. The monoisotopic (exact) mass is 544 g/mol. The van der Waals surface area contributed by atoms with Crippen LogP contribution in [-0.4, -0.2) is 68.6 Å². The average Bonchev–Trinajstić information content (AvgIpc) is 3.37. The fourth-order valence-corrected chi connectivity index (χ4v) is 5.65. The molecule has 0 atom stereocenters. The zero-order valence-electron chi connectivity index (χ0n) is 19.5. The van der Waals surface area contributed by atoms with Gasteiger partial charge < -0.3 is 14.2 Å². The zero-order valence-corrected chi connectivity index (χ0v) is 21.9. The maximum absolute atomic E-state index is 12.9. The van der Waals surface area contributed by atoms with Crippen LogP contribution in [0.15, 0.2) is 39.9 Å². The normalized spacial score (nSPS) is 19.1. The molecule has 3 aliphatic heterocycles. The van der Waals surface area contributed by atoms with Crippen molar-refractivity contribution in [1.82, 2.24) is 14.5 Å². The highest BCUT2D eigenvalue weighted by Crippen LogP contribution is 2.32. The van der Waals surface area contributed by atoms with Crippen molar-refractivity contribution in [3.8, 4) is 5.69 Å². The number of nitrogens with one attached hydrogen (secondary N) is 1. The van der Waals surface area contributed by atoms with E-state index in [4.69, 9.17) is 33.3 Å². The van der Waals surface area contributed by atoms with Crippen LogP contribution in [0.4, 0.5) is 0 Å². The van der Waals surface area contributed by atoms with E-state index in [-0.39, 0.29) is 28.9 Å². The average molecular weight is 545 g/mol. The molecule has 36 heavy (non-hydrogen) atoms. The second-order valence-electron chi connectivity index (χ2n) is 8.44. The van der Waals surface area contributed by atoms with Crippen LogP contribution in [-0.2, 0) is 14.3 Å². The van der Waals surface area contributed by atoms with Gasteiger partial charge in [-0.3, -0.25) is 15.0 Å². The molecule has 0 spiro atoms. The van der Waals surface area contributed by atoms with E-state index in [1.54, 1.807) is 23.1 Å². The summed E-state index contributed by atoms with van der Waals surface area (Å²) in [6.07, 6.45) is 1.73. The van der Waals surface area contributed by atoms with E-state index in [1.807, 2.05) is 30.5 Å². The molecule has 3 aliphatic rings. The maximum Gasteiger partial charge on any atom is 0.283 e. The van der Waals surface area contributed by atoms with Crippen LogP contribution >= 0.6 is 35.0 Å². The van der Waals surface area contributed by atoms with Crippen LogP contribution in [0.5, 0.6) is 0 Å². The number of thioether (sulfide) groups is 1. The molecule has 0 aliphatic carbocycles. The van der Waals surface area contributed by atoms with Crippen LogP contribution in [0.3, 0.4) is 0 Å². The molecule has 2 aromatic rings. The first kappa shape index (κ1) is 24.8. The highest BCUT2D eigenvalue weighted by atomic mass is 35.5. The van der Waals surface area contributed by atoms with E-state index in [2.05, 4.69) is 10.1 Å². The maximum atomic E-state index is 12.9. The summed E-state index contributed by atoms with van der Waals surface area (Å²) in [5, 5.41) is 16.2. The predicted molar refractivity (Wildman–Crippen MR) is 142 cm³/mol. The molecule has 186 valence electrons. The number of ether oxygens (including phenoxy) is 1. The quantitative estimate of drug-likeness (QED) is 0.579. The van der Waals surface area contributed by atoms with Gasteiger partial charge in [0.1, 0.15) is 5.04 Å². The Hall–Kier alpha value is -2.92. The highest BCUT2D eigenvalue weighted by molar-refractivity contribution is 8.27. The molecule has 2 amide bonds. The minimum absolute atomic E-state index is 0.0630. The van der Waals surface area contributed by atoms with E-state index >= 15 is 0 Å². The number of halogens is 2. The Morgan fingerprint density at radius 3 is 2.69 bits per heavy atom. The number of carbonyl (C=O) groups is 2. The minimum atomic E-state index is -0.524. The molecular weight excluding hydrogens is 523 g/mol. The Balaban J connectivity index is 1.41. The largest absolute Gasteiger partial charge is 0.378 e. The number of fused-ring (bicyclic) bond motifs is 1. The number of aliphatic imine (C=N–C) groups is 1. The number of hydrogen-bond acceptors (Lipinski definition) is 6. The number of rotatable bonds is 4. The third-order valence-corrected chi connectivity index (χ3v) is 7.53. The lowest BCUT2D eigenvalue weighted by Crippen LogP contribution is -2.41. The lowest BCUT2D eigenvalue weighted by molar-refractivity contribution is -0.133. The molecule has 1 N–H and O–H groups in total. The lowest BCUT2D eigenvalue weighted by atomic mass is 10.1. The van der Waals surface area contributed by atoms with E-state index in [0.29, 0.717) is 41.4 Å². The standard InChI is InChI=1S/C24H22Cl2N6O3S/c1-13-9-15(14(2)31(13)19-4-3-16(25)11-18(19)26)10-17-22(27)32-24(28-23(17)34)36-20(29-32)12-21(33)30-5-7-35-8-6-30/h3-4,9-11,27H,5-8,12H2,1-2H3. The summed E-state index contributed by atoms with van der Waals surface area (Å²) in [5.74, 6) is -0.670. The molecular formula is C24H22Cl2N6O3S. The van der Waals surface area contributed by atoms with Crippen molar-refractivity contribution in [1.29, 1.82) is 5.41 Å². The fourth-order valence-electron chi connectivity index (χ4n) is 4.28. The summed E-state index contributed by atoms with van der Waals surface area (Å²) in [6, 6.07) is 7.20. The Bertz CT molecular complexity index is 1390. The van der Waals surface area contributed by atoms with Crippen LogP contribution in [0.2, 0.25) is 10.0 Å². The van der Waals surface area contributed by atoms with Crippen LogP contribution in [0, 0.1) is 19.3 Å². The molecule has 4 heterocycles. The number of amidine groups is 2.